The number of hydrogen-bond acceptors (Lipinski definition) is 2. The predicted octanol–water partition coefficient (Wildman–Crippen LogP) is 3.49. The quantitative estimate of drug-likeness (QED) is 0.842. The van der Waals surface area contributed by atoms with Crippen molar-refractivity contribution < 1.29 is 9.59 Å². The summed E-state index contributed by atoms with van der Waals surface area (Å²) in [4.78, 5) is 29.1. The van der Waals surface area contributed by atoms with E-state index < -0.39 is 6.04 Å². The lowest BCUT2D eigenvalue weighted by Crippen LogP contribution is -2.57. The highest BCUT2D eigenvalue weighted by molar-refractivity contribution is 6.03. The molecule has 0 spiro atoms. The second kappa shape index (κ2) is 6.71. The lowest BCUT2D eigenvalue weighted by molar-refractivity contribution is -0.124. The van der Waals surface area contributed by atoms with Crippen LogP contribution in [0, 0.1) is 20.8 Å². The topological polar surface area (TPSA) is 40.6 Å². The van der Waals surface area contributed by atoms with Gasteiger partial charge in [-0.25, -0.2) is 0 Å². The number of anilines is 1. The molecule has 0 radical (unpaired) electrons. The zero-order valence-corrected chi connectivity index (χ0v) is 15.2. The Morgan fingerprint density at radius 2 is 1.60 bits per heavy atom. The molecule has 0 bridgehead atoms. The summed E-state index contributed by atoms with van der Waals surface area (Å²) in [5, 5.41) is 0. The Kier molecular flexibility index (Phi) is 4.62. The summed E-state index contributed by atoms with van der Waals surface area (Å²) in [7, 11) is 0. The van der Waals surface area contributed by atoms with Crippen molar-refractivity contribution in [2.24, 2.45) is 0 Å². The molecule has 0 aromatic heterocycles. The smallest absolute Gasteiger partial charge is 0.254 e. The summed E-state index contributed by atoms with van der Waals surface area (Å²) < 4.78 is 0. The van der Waals surface area contributed by atoms with Crippen LogP contribution < -0.4 is 4.90 Å². The first kappa shape index (κ1) is 17.2. The first-order valence-electron chi connectivity index (χ1n) is 8.65. The summed E-state index contributed by atoms with van der Waals surface area (Å²) in [6, 6.07) is 13.1. The van der Waals surface area contributed by atoms with Gasteiger partial charge in [-0.1, -0.05) is 35.4 Å². The highest BCUT2D eigenvalue weighted by Crippen LogP contribution is 2.25. The van der Waals surface area contributed by atoms with Gasteiger partial charge in [-0.2, -0.15) is 0 Å². The molecule has 130 valence electrons. The van der Waals surface area contributed by atoms with Gasteiger partial charge >= 0.3 is 0 Å². The molecule has 3 rings (SSSR count). The Morgan fingerprint density at radius 3 is 2.24 bits per heavy atom. The summed E-state index contributed by atoms with van der Waals surface area (Å²) in [6.07, 6.45) is 0. The van der Waals surface area contributed by atoms with Crippen molar-refractivity contribution >= 4 is 17.5 Å². The van der Waals surface area contributed by atoms with Crippen molar-refractivity contribution in [2.45, 2.75) is 33.7 Å². The number of carbonyl (C=O) groups excluding carboxylic acids is 2. The zero-order valence-electron chi connectivity index (χ0n) is 15.2. The Labute approximate surface area is 149 Å². The van der Waals surface area contributed by atoms with Crippen LogP contribution in [-0.4, -0.2) is 35.8 Å². The standard InChI is InChI=1S/C21H24N2O2/c1-14-5-8-18(9-6-14)21(25)22-11-12-23(20(24)17(22)4)19-10-7-15(2)13-16(19)3/h5-10,13,17H,11-12H2,1-4H3/t17-/m1/s1. The number of benzene rings is 2. The van der Waals surface area contributed by atoms with Crippen LogP contribution in [0.1, 0.15) is 34.0 Å². The van der Waals surface area contributed by atoms with Crippen molar-refractivity contribution in [2.75, 3.05) is 18.0 Å². The average Bonchev–Trinajstić information content (AvgIpc) is 2.58. The van der Waals surface area contributed by atoms with Gasteiger partial charge in [0.1, 0.15) is 6.04 Å². The van der Waals surface area contributed by atoms with Crippen LogP contribution in [0.25, 0.3) is 0 Å². The summed E-state index contributed by atoms with van der Waals surface area (Å²) in [5.74, 6) is -0.111. The molecule has 25 heavy (non-hydrogen) atoms. The van der Waals surface area contributed by atoms with Gasteiger partial charge in [0.15, 0.2) is 0 Å². The fourth-order valence-electron chi connectivity index (χ4n) is 3.36. The largest absolute Gasteiger partial charge is 0.325 e. The Hall–Kier alpha value is -2.62. The van der Waals surface area contributed by atoms with E-state index in [0.717, 1.165) is 16.8 Å². The molecule has 1 aliphatic heterocycles. The number of hydrogen-bond donors (Lipinski definition) is 0. The normalized spacial score (nSPS) is 17.8. The van der Waals surface area contributed by atoms with E-state index in [1.807, 2.05) is 64.1 Å². The van der Waals surface area contributed by atoms with Crippen molar-refractivity contribution in [3.05, 3.63) is 64.7 Å². The SMILES string of the molecule is Cc1ccc(C(=O)N2CCN(c3ccc(C)cc3C)C(=O)[C@H]2C)cc1. The van der Waals surface area contributed by atoms with Crippen molar-refractivity contribution in [3.63, 3.8) is 0 Å². The molecule has 0 saturated carbocycles. The molecule has 1 saturated heterocycles. The molecule has 0 aliphatic carbocycles. The summed E-state index contributed by atoms with van der Waals surface area (Å²) >= 11 is 0. The Bertz CT molecular complexity index is 811. The minimum absolute atomic E-state index is 0.0290. The lowest BCUT2D eigenvalue weighted by Gasteiger charge is -2.39. The zero-order chi connectivity index (χ0) is 18.1. The van der Waals surface area contributed by atoms with Gasteiger partial charge < -0.3 is 9.80 Å². The minimum atomic E-state index is -0.469. The van der Waals surface area contributed by atoms with E-state index in [1.165, 1.54) is 5.56 Å². The molecular formula is C21H24N2O2. The van der Waals surface area contributed by atoms with Crippen molar-refractivity contribution in [1.29, 1.82) is 0 Å². The maximum Gasteiger partial charge on any atom is 0.254 e. The highest BCUT2D eigenvalue weighted by atomic mass is 16.2. The monoisotopic (exact) mass is 336 g/mol. The molecule has 2 amide bonds. The minimum Gasteiger partial charge on any atom is -0.325 e. The fourth-order valence-corrected chi connectivity index (χ4v) is 3.36. The Morgan fingerprint density at radius 1 is 0.960 bits per heavy atom. The third-order valence-corrected chi connectivity index (χ3v) is 4.86. The van der Waals surface area contributed by atoms with E-state index in [0.29, 0.717) is 18.7 Å². The average molecular weight is 336 g/mol. The molecule has 1 aliphatic rings. The van der Waals surface area contributed by atoms with Crippen LogP contribution in [0.3, 0.4) is 0 Å². The summed E-state index contributed by atoms with van der Waals surface area (Å²) in [6.45, 7) is 8.91. The van der Waals surface area contributed by atoms with Gasteiger partial charge in [-0.3, -0.25) is 9.59 Å². The number of nitrogens with zero attached hydrogens (tertiary/aromatic N) is 2. The molecule has 4 heteroatoms. The predicted molar refractivity (Wildman–Crippen MR) is 99.9 cm³/mol. The molecule has 1 atom stereocenters. The number of rotatable bonds is 2. The molecule has 4 nitrogen and oxygen atoms in total. The lowest BCUT2D eigenvalue weighted by atomic mass is 10.1. The maximum absolute atomic E-state index is 12.9. The highest BCUT2D eigenvalue weighted by Gasteiger charge is 2.35. The van der Waals surface area contributed by atoms with Crippen LogP contribution in [0.15, 0.2) is 42.5 Å². The molecule has 0 N–H and O–H groups in total. The van der Waals surface area contributed by atoms with Crippen LogP contribution in [0.5, 0.6) is 0 Å². The van der Waals surface area contributed by atoms with E-state index >= 15 is 0 Å². The van der Waals surface area contributed by atoms with Gasteiger partial charge in [-0.15, -0.1) is 0 Å². The molecule has 1 fully saturated rings. The van der Waals surface area contributed by atoms with Gasteiger partial charge in [0.2, 0.25) is 5.91 Å². The van der Waals surface area contributed by atoms with Gasteiger partial charge in [-0.05, 0) is 51.5 Å². The second-order valence-corrected chi connectivity index (χ2v) is 6.82. The molecule has 1 heterocycles. The number of aryl methyl sites for hydroxylation is 3. The third kappa shape index (κ3) is 3.29. The summed E-state index contributed by atoms with van der Waals surface area (Å²) in [5.41, 5.74) is 4.93. The maximum atomic E-state index is 12.9. The van der Waals surface area contributed by atoms with Gasteiger partial charge in [0.05, 0.1) is 0 Å². The van der Waals surface area contributed by atoms with E-state index in [-0.39, 0.29) is 11.8 Å². The van der Waals surface area contributed by atoms with E-state index in [4.69, 9.17) is 0 Å². The van der Waals surface area contributed by atoms with E-state index in [9.17, 15) is 9.59 Å². The van der Waals surface area contributed by atoms with Crippen molar-refractivity contribution in [1.82, 2.24) is 4.90 Å². The van der Waals surface area contributed by atoms with Crippen LogP contribution in [0.2, 0.25) is 0 Å². The molecule has 2 aromatic carbocycles. The van der Waals surface area contributed by atoms with Gasteiger partial charge in [0.25, 0.3) is 5.91 Å². The van der Waals surface area contributed by atoms with E-state index in [1.54, 1.807) is 9.80 Å². The molecule has 0 unspecified atom stereocenters. The second-order valence-electron chi connectivity index (χ2n) is 6.82. The number of carbonyl (C=O) groups is 2. The number of piperazine rings is 1. The number of amides is 2. The fraction of sp³-hybridized carbons (Fsp3) is 0.333. The van der Waals surface area contributed by atoms with Crippen LogP contribution >= 0.6 is 0 Å². The first-order valence-corrected chi connectivity index (χ1v) is 8.65. The van der Waals surface area contributed by atoms with Crippen LogP contribution in [0.4, 0.5) is 5.69 Å². The molecule has 2 aromatic rings. The van der Waals surface area contributed by atoms with Crippen molar-refractivity contribution in [3.8, 4) is 0 Å². The third-order valence-electron chi connectivity index (χ3n) is 4.86. The Balaban J connectivity index is 1.81. The van der Waals surface area contributed by atoms with E-state index in [2.05, 4.69) is 6.07 Å². The van der Waals surface area contributed by atoms with Crippen LogP contribution in [-0.2, 0) is 4.79 Å². The van der Waals surface area contributed by atoms with Gasteiger partial charge in [0, 0.05) is 24.3 Å². The first-order chi connectivity index (χ1) is 11.9. The molecular weight excluding hydrogens is 312 g/mol.